The van der Waals surface area contributed by atoms with E-state index in [0.29, 0.717) is 23.6 Å². The summed E-state index contributed by atoms with van der Waals surface area (Å²) in [7, 11) is 0. The van der Waals surface area contributed by atoms with E-state index in [1.54, 1.807) is 12.1 Å². The molecule has 0 saturated heterocycles. The van der Waals surface area contributed by atoms with E-state index in [-0.39, 0.29) is 5.91 Å². The average Bonchev–Trinajstić information content (AvgIpc) is 3.44. The summed E-state index contributed by atoms with van der Waals surface area (Å²) in [6.07, 6.45) is 8.33. The fourth-order valence-electron chi connectivity index (χ4n) is 4.58. The Morgan fingerprint density at radius 2 is 1.92 bits per heavy atom. The van der Waals surface area contributed by atoms with Gasteiger partial charge in [-0.05, 0) is 55.3 Å². The molecule has 36 heavy (non-hydrogen) atoms. The SMILES string of the molecule is O=C(Nc1cccc(-c2nnc3n2CCCCC3)c1)c1cccc(OCc2cn3ccccc3n2)c1. The number of imidazole rings is 1. The van der Waals surface area contributed by atoms with Gasteiger partial charge in [-0.2, -0.15) is 0 Å². The molecule has 0 radical (unpaired) electrons. The molecule has 0 atom stereocenters. The van der Waals surface area contributed by atoms with Crippen LogP contribution < -0.4 is 10.1 Å². The Labute approximate surface area is 208 Å². The number of nitrogens with one attached hydrogen (secondary N) is 1. The van der Waals surface area contributed by atoms with Crippen molar-refractivity contribution in [1.82, 2.24) is 24.1 Å². The normalized spacial score (nSPS) is 13.2. The van der Waals surface area contributed by atoms with Gasteiger partial charge in [0.05, 0.1) is 5.69 Å². The van der Waals surface area contributed by atoms with Gasteiger partial charge in [-0.15, -0.1) is 10.2 Å². The molecule has 1 amide bonds. The number of ether oxygens (including phenoxy) is 1. The van der Waals surface area contributed by atoms with Crippen molar-refractivity contribution in [3.05, 3.63) is 96.2 Å². The summed E-state index contributed by atoms with van der Waals surface area (Å²) < 4.78 is 10.1. The lowest BCUT2D eigenvalue weighted by Gasteiger charge is -2.10. The van der Waals surface area contributed by atoms with E-state index < -0.39 is 0 Å². The van der Waals surface area contributed by atoms with Crippen LogP contribution in [0, 0.1) is 0 Å². The maximum absolute atomic E-state index is 13.0. The zero-order valence-electron chi connectivity index (χ0n) is 19.8. The van der Waals surface area contributed by atoms with E-state index >= 15 is 0 Å². The topological polar surface area (TPSA) is 86.3 Å². The van der Waals surface area contributed by atoms with Crippen molar-refractivity contribution in [2.75, 3.05) is 5.32 Å². The predicted octanol–water partition coefficient (Wildman–Crippen LogP) is 5.15. The van der Waals surface area contributed by atoms with Crippen molar-refractivity contribution in [2.45, 2.75) is 38.8 Å². The fourth-order valence-corrected chi connectivity index (χ4v) is 4.58. The number of carbonyl (C=O) groups is 1. The van der Waals surface area contributed by atoms with Gasteiger partial charge in [-0.1, -0.05) is 30.7 Å². The second kappa shape index (κ2) is 9.65. The van der Waals surface area contributed by atoms with E-state index in [1.807, 2.05) is 71.4 Å². The summed E-state index contributed by atoms with van der Waals surface area (Å²) >= 11 is 0. The quantitative estimate of drug-likeness (QED) is 0.365. The molecule has 0 aliphatic carbocycles. The Morgan fingerprint density at radius 1 is 0.972 bits per heavy atom. The van der Waals surface area contributed by atoms with Crippen LogP contribution in [0.5, 0.6) is 5.75 Å². The number of anilines is 1. The minimum atomic E-state index is -0.203. The zero-order chi connectivity index (χ0) is 24.3. The second-order valence-electron chi connectivity index (χ2n) is 8.95. The summed E-state index contributed by atoms with van der Waals surface area (Å²) in [4.78, 5) is 17.6. The van der Waals surface area contributed by atoms with Gasteiger partial charge in [0.15, 0.2) is 5.82 Å². The van der Waals surface area contributed by atoms with Gasteiger partial charge < -0.3 is 19.0 Å². The number of carbonyl (C=O) groups excluding carboxylic acids is 1. The maximum Gasteiger partial charge on any atom is 0.255 e. The first-order chi connectivity index (χ1) is 17.7. The number of nitrogens with zero attached hydrogens (tertiary/aromatic N) is 5. The third-order valence-electron chi connectivity index (χ3n) is 6.38. The van der Waals surface area contributed by atoms with Gasteiger partial charge >= 0.3 is 0 Å². The molecule has 180 valence electrons. The van der Waals surface area contributed by atoms with Crippen LogP contribution in [-0.2, 0) is 19.6 Å². The molecule has 1 aliphatic rings. The van der Waals surface area contributed by atoms with Gasteiger partial charge in [0.1, 0.15) is 23.8 Å². The highest BCUT2D eigenvalue weighted by atomic mass is 16.5. The molecule has 2 aromatic carbocycles. The number of benzene rings is 2. The number of hydrogen-bond donors (Lipinski definition) is 1. The van der Waals surface area contributed by atoms with Gasteiger partial charge in [0.2, 0.25) is 0 Å². The van der Waals surface area contributed by atoms with Crippen molar-refractivity contribution >= 4 is 17.2 Å². The van der Waals surface area contributed by atoms with Crippen molar-refractivity contribution < 1.29 is 9.53 Å². The third-order valence-corrected chi connectivity index (χ3v) is 6.38. The van der Waals surface area contributed by atoms with Crippen LogP contribution in [-0.4, -0.2) is 30.1 Å². The van der Waals surface area contributed by atoms with Crippen molar-refractivity contribution in [3.63, 3.8) is 0 Å². The summed E-state index contributed by atoms with van der Waals surface area (Å²) in [5.41, 5.74) is 3.86. The maximum atomic E-state index is 13.0. The molecule has 0 spiro atoms. The van der Waals surface area contributed by atoms with E-state index in [4.69, 9.17) is 4.74 Å². The Morgan fingerprint density at radius 3 is 2.86 bits per heavy atom. The molecule has 8 nitrogen and oxygen atoms in total. The first kappa shape index (κ1) is 22.0. The molecular formula is C28H26N6O2. The molecular weight excluding hydrogens is 452 g/mol. The monoisotopic (exact) mass is 478 g/mol. The van der Waals surface area contributed by atoms with Crippen molar-refractivity contribution in [3.8, 4) is 17.1 Å². The highest BCUT2D eigenvalue weighted by Gasteiger charge is 2.17. The van der Waals surface area contributed by atoms with Crippen LogP contribution >= 0.6 is 0 Å². The summed E-state index contributed by atoms with van der Waals surface area (Å²) in [5, 5.41) is 11.8. The molecule has 3 aromatic heterocycles. The van der Waals surface area contributed by atoms with E-state index in [0.717, 1.165) is 54.4 Å². The van der Waals surface area contributed by atoms with E-state index in [2.05, 4.69) is 25.1 Å². The molecule has 4 heterocycles. The Balaban J connectivity index is 1.15. The van der Waals surface area contributed by atoms with Gasteiger partial charge in [0, 0.05) is 42.2 Å². The standard InChI is InChI=1S/C28H26N6O2/c35-28(21-9-7-11-24(17-21)36-19-23-18-33-14-5-3-12-25(33)29-23)30-22-10-6-8-20(16-22)27-32-31-26-13-2-1-4-15-34(26)27/h3,5-12,14,16-18H,1-2,4,13,15,19H2,(H,30,35). The molecule has 1 aliphatic heterocycles. The van der Waals surface area contributed by atoms with Crippen molar-refractivity contribution in [1.29, 1.82) is 0 Å². The van der Waals surface area contributed by atoms with Crippen LogP contribution in [0.25, 0.3) is 17.0 Å². The summed E-state index contributed by atoms with van der Waals surface area (Å²) in [5.74, 6) is 2.30. The number of aryl methyl sites for hydroxylation is 1. The molecule has 0 unspecified atom stereocenters. The predicted molar refractivity (Wildman–Crippen MR) is 137 cm³/mol. The number of pyridine rings is 1. The lowest BCUT2D eigenvalue weighted by atomic mass is 10.1. The number of amides is 1. The van der Waals surface area contributed by atoms with Gasteiger partial charge in [-0.3, -0.25) is 4.79 Å². The first-order valence-electron chi connectivity index (χ1n) is 12.2. The smallest absolute Gasteiger partial charge is 0.255 e. The molecule has 6 rings (SSSR count). The summed E-state index contributed by atoms with van der Waals surface area (Å²) in [6.45, 7) is 1.24. The number of rotatable bonds is 6. The highest BCUT2D eigenvalue weighted by Crippen LogP contribution is 2.25. The molecule has 1 N–H and O–H groups in total. The molecule has 8 heteroatoms. The Bertz CT molecular complexity index is 1500. The highest BCUT2D eigenvalue weighted by molar-refractivity contribution is 6.04. The number of aromatic nitrogens is 5. The second-order valence-corrected chi connectivity index (χ2v) is 8.95. The third kappa shape index (κ3) is 4.57. The van der Waals surface area contributed by atoms with Gasteiger partial charge in [-0.25, -0.2) is 4.98 Å². The minimum Gasteiger partial charge on any atom is -0.487 e. The average molecular weight is 479 g/mol. The Hall–Kier alpha value is -4.46. The summed E-state index contributed by atoms with van der Waals surface area (Å²) in [6, 6.07) is 20.8. The largest absolute Gasteiger partial charge is 0.487 e. The van der Waals surface area contributed by atoms with Crippen LogP contribution in [0.15, 0.2) is 79.1 Å². The van der Waals surface area contributed by atoms with E-state index in [9.17, 15) is 4.79 Å². The van der Waals surface area contributed by atoms with Gasteiger partial charge in [0.25, 0.3) is 5.91 Å². The molecule has 0 saturated carbocycles. The number of fused-ring (bicyclic) bond motifs is 2. The van der Waals surface area contributed by atoms with E-state index in [1.165, 1.54) is 6.42 Å². The fraction of sp³-hybridized carbons (Fsp3) is 0.214. The number of hydrogen-bond acceptors (Lipinski definition) is 5. The van der Waals surface area contributed by atoms with Crippen LogP contribution in [0.3, 0.4) is 0 Å². The molecule has 0 fully saturated rings. The van der Waals surface area contributed by atoms with Crippen molar-refractivity contribution in [2.24, 2.45) is 0 Å². The zero-order valence-corrected chi connectivity index (χ0v) is 19.8. The molecule has 0 bridgehead atoms. The first-order valence-corrected chi connectivity index (χ1v) is 12.2. The van der Waals surface area contributed by atoms with Crippen LogP contribution in [0.4, 0.5) is 5.69 Å². The minimum absolute atomic E-state index is 0.203. The lowest BCUT2D eigenvalue weighted by Crippen LogP contribution is -2.12. The lowest BCUT2D eigenvalue weighted by molar-refractivity contribution is 0.102. The molecule has 5 aromatic rings. The van der Waals surface area contributed by atoms with Crippen LogP contribution in [0.2, 0.25) is 0 Å². The van der Waals surface area contributed by atoms with Crippen LogP contribution in [0.1, 0.15) is 41.1 Å². The Kier molecular flexibility index (Phi) is 5.91.